The molecule has 0 fully saturated rings. The lowest BCUT2D eigenvalue weighted by Gasteiger charge is -2.14. The summed E-state index contributed by atoms with van der Waals surface area (Å²) in [7, 11) is 0. The van der Waals surface area contributed by atoms with E-state index in [1.54, 1.807) is 6.20 Å². The molecular formula is C24H24N4O2. The number of fused-ring (bicyclic) bond motifs is 1. The van der Waals surface area contributed by atoms with E-state index in [2.05, 4.69) is 33.8 Å². The summed E-state index contributed by atoms with van der Waals surface area (Å²) in [6.45, 7) is 3.13. The van der Waals surface area contributed by atoms with Crippen LogP contribution in [0.25, 0.3) is 16.8 Å². The van der Waals surface area contributed by atoms with Crippen molar-refractivity contribution in [1.29, 1.82) is 0 Å². The normalized spacial score (nSPS) is 11.0. The molecule has 0 unspecified atom stereocenters. The van der Waals surface area contributed by atoms with Crippen LogP contribution in [-0.4, -0.2) is 33.6 Å². The number of nitrogens with zero attached hydrogens (tertiary/aromatic N) is 2. The number of aliphatic hydroxyl groups excluding tert-OH is 1. The zero-order valence-electron chi connectivity index (χ0n) is 16.8. The lowest BCUT2D eigenvalue weighted by molar-refractivity contribution is 0.102. The van der Waals surface area contributed by atoms with E-state index in [9.17, 15) is 4.79 Å². The molecule has 0 saturated carbocycles. The molecule has 2 aromatic heterocycles. The predicted molar refractivity (Wildman–Crippen MR) is 119 cm³/mol. The molecule has 3 N–H and O–H groups in total. The maximum Gasteiger partial charge on any atom is 0.259 e. The number of pyridine rings is 1. The highest BCUT2D eigenvalue weighted by atomic mass is 16.3. The maximum absolute atomic E-state index is 13.2. The van der Waals surface area contributed by atoms with E-state index in [-0.39, 0.29) is 12.5 Å². The third-order valence-electron chi connectivity index (χ3n) is 5.07. The number of nitrogens with one attached hydrogen (secondary N) is 2. The van der Waals surface area contributed by atoms with Crippen LogP contribution in [0.2, 0.25) is 0 Å². The van der Waals surface area contributed by atoms with Crippen LogP contribution in [0.3, 0.4) is 0 Å². The molecule has 0 bridgehead atoms. The van der Waals surface area contributed by atoms with Gasteiger partial charge in [-0.1, -0.05) is 42.5 Å². The minimum Gasteiger partial charge on any atom is -0.395 e. The second-order valence-electron chi connectivity index (χ2n) is 7.12. The molecule has 2 heterocycles. The van der Waals surface area contributed by atoms with Gasteiger partial charge in [0.1, 0.15) is 5.65 Å². The van der Waals surface area contributed by atoms with E-state index in [1.807, 2.05) is 60.1 Å². The van der Waals surface area contributed by atoms with E-state index in [4.69, 9.17) is 5.11 Å². The lowest BCUT2D eigenvalue weighted by Crippen LogP contribution is -2.19. The summed E-state index contributed by atoms with van der Waals surface area (Å²) in [4.78, 5) is 17.5. The zero-order chi connectivity index (χ0) is 20.9. The minimum atomic E-state index is -0.205. The number of hydrogen-bond acceptors (Lipinski definition) is 4. The number of hydrogen-bond donors (Lipinski definition) is 3. The van der Waals surface area contributed by atoms with Crippen molar-refractivity contribution in [2.45, 2.75) is 13.5 Å². The topological polar surface area (TPSA) is 78.7 Å². The van der Waals surface area contributed by atoms with Crippen LogP contribution in [0.4, 0.5) is 5.69 Å². The van der Waals surface area contributed by atoms with Gasteiger partial charge in [-0.15, -0.1) is 0 Å². The smallest absolute Gasteiger partial charge is 0.259 e. The SMILES string of the molecule is Cc1c(NC(=O)c2cc(CNCCO)cn3ccnc23)cccc1-c1ccccc1. The molecule has 0 atom stereocenters. The number of imidazole rings is 1. The summed E-state index contributed by atoms with van der Waals surface area (Å²) < 4.78 is 1.85. The average Bonchev–Trinajstić information content (AvgIpc) is 3.24. The summed E-state index contributed by atoms with van der Waals surface area (Å²) >= 11 is 0. The number of amides is 1. The molecule has 1 amide bonds. The molecule has 4 aromatic rings. The highest BCUT2D eigenvalue weighted by Gasteiger charge is 2.16. The molecule has 6 heteroatoms. The van der Waals surface area contributed by atoms with Crippen molar-refractivity contribution < 1.29 is 9.90 Å². The first kappa shape index (κ1) is 19.8. The monoisotopic (exact) mass is 400 g/mol. The van der Waals surface area contributed by atoms with E-state index in [0.717, 1.165) is 27.9 Å². The van der Waals surface area contributed by atoms with Gasteiger partial charge in [0.2, 0.25) is 0 Å². The highest BCUT2D eigenvalue weighted by molar-refractivity contribution is 6.09. The summed E-state index contributed by atoms with van der Waals surface area (Å²) in [5, 5.41) is 15.2. The van der Waals surface area contributed by atoms with Crippen LogP contribution >= 0.6 is 0 Å². The van der Waals surface area contributed by atoms with Crippen LogP contribution < -0.4 is 10.6 Å². The molecule has 0 radical (unpaired) electrons. The summed E-state index contributed by atoms with van der Waals surface area (Å²) in [6, 6.07) is 17.9. The Bertz CT molecular complexity index is 1170. The Morgan fingerprint density at radius 3 is 2.77 bits per heavy atom. The maximum atomic E-state index is 13.2. The largest absolute Gasteiger partial charge is 0.395 e. The van der Waals surface area contributed by atoms with Crippen molar-refractivity contribution in [2.24, 2.45) is 0 Å². The third kappa shape index (κ3) is 4.10. The zero-order valence-corrected chi connectivity index (χ0v) is 16.8. The van der Waals surface area contributed by atoms with Crippen LogP contribution in [0, 0.1) is 6.92 Å². The molecule has 0 aliphatic heterocycles. The Balaban J connectivity index is 1.64. The van der Waals surface area contributed by atoms with Crippen molar-refractivity contribution in [3.05, 3.63) is 89.9 Å². The van der Waals surface area contributed by atoms with Gasteiger partial charge in [0, 0.05) is 37.4 Å². The first-order valence-corrected chi connectivity index (χ1v) is 9.91. The van der Waals surface area contributed by atoms with Crippen molar-refractivity contribution in [3.8, 4) is 11.1 Å². The van der Waals surface area contributed by atoms with Crippen LogP contribution in [0.1, 0.15) is 21.5 Å². The second-order valence-corrected chi connectivity index (χ2v) is 7.12. The molecular weight excluding hydrogens is 376 g/mol. The van der Waals surface area contributed by atoms with E-state index >= 15 is 0 Å². The highest BCUT2D eigenvalue weighted by Crippen LogP contribution is 2.29. The Morgan fingerprint density at radius 1 is 1.13 bits per heavy atom. The number of carbonyl (C=O) groups excluding carboxylic acids is 1. The second kappa shape index (κ2) is 8.90. The Morgan fingerprint density at radius 2 is 1.97 bits per heavy atom. The van der Waals surface area contributed by atoms with E-state index in [0.29, 0.717) is 24.3 Å². The van der Waals surface area contributed by atoms with Gasteiger partial charge >= 0.3 is 0 Å². The number of aliphatic hydroxyl groups is 1. The number of benzene rings is 2. The van der Waals surface area contributed by atoms with Gasteiger partial charge in [-0.3, -0.25) is 4.79 Å². The van der Waals surface area contributed by atoms with Crippen molar-refractivity contribution >= 4 is 17.2 Å². The minimum absolute atomic E-state index is 0.0672. The number of carbonyl (C=O) groups is 1. The molecule has 2 aromatic carbocycles. The van der Waals surface area contributed by atoms with Gasteiger partial charge in [-0.2, -0.15) is 0 Å². The van der Waals surface area contributed by atoms with Gasteiger partial charge in [0.15, 0.2) is 0 Å². The van der Waals surface area contributed by atoms with Crippen LogP contribution in [-0.2, 0) is 6.54 Å². The molecule has 4 rings (SSSR count). The van der Waals surface area contributed by atoms with Gasteiger partial charge in [-0.05, 0) is 41.3 Å². The van der Waals surface area contributed by atoms with E-state index < -0.39 is 0 Å². The summed E-state index contributed by atoms with van der Waals surface area (Å²) in [5.41, 5.74) is 6.03. The molecule has 152 valence electrons. The lowest BCUT2D eigenvalue weighted by atomic mass is 9.99. The summed E-state index contributed by atoms with van der Waals surface area (Å²) in [5.74, 6) is -0.205. The fourth-order valence-electron chi connectivity index (χ4n) is 3.56. The Hall–Kier alpha value is -3.48. The first-order chi connectivity index (χ1) is 14.7. The average molecular weight is 400 g/mol. The molecule has 0 aliphatic carbocycles. The van der Waals surface area contributed by atoms with Crippen molar-refractivity contribution in [3.63, 3.8) is 0 Å². The summed E-state index contributed by atoms with van der Waals surface area (Å²) in [6.07, 6.45) is 5.44. The van der Waals surface area contributed by atoms with Crippen LogP contribution in [0.15, 0.2) is 73.2 Å². The molecule has 6 nitrogen and oxygen atoms in total. The molecule has 30 heavy (non-hydrogen) atoms. The number of rotatable bonds is 7. The first-order valence-electron chi connectivity index (χ1n) is 9.91. The molecule has 0 aliphatic rings. The molecule has 0 saturated heterocycles. The quantitative estimate of drug-likeness (QED) is 0.414. The van der Waals surface area contributed by atoms with Gasteiger partial charge < -0.3 is 20.1 Å². The third-order valence-corrected chi connectivity index (χ3v) is 5.07. The van der Waals surface area contributed by atoms with Gasteiger partial charge in [-0.25, -0.2) is 4.98 Å². The van der Waals surface area contributed by atoms with Crippen molar-refractivity contribution in [1.82, 2.24) is 14.7 Å². The van der Waals surface area contributed by atoms with E-state index in [1.165, 1.54) is 0 Å². The fraction of sp³-hybridized carbons (Fsp3) is 0.167. The number of anilines is 1. The fourth-order valence-corrected chi connectivity index (χ4v) is 3.56. The van der Waals surface area contributed by atoms with Crippen molar-refractivity contribution in [2.75, 3.05) is 18.5 Å². The molecule has 0 spiro atoms. The van der Waals surface area contributed by atoms with Crippen LogP contribution in [0.5, 0.6) is 0 Å². The van der Waals surface area contributed by atoms with Gasteiger partial charge in [0.05, 0.1) is 12.2 Å². The number of aromatic nitrogens is 2. The Labute approximate surface area is 175 Å². The predicted octanol–water partition coefficient (Wildman–Crippen LogP) is 3.64. The standard InChI is InChI=1S/C24H24N4O2/c1-17-20(19-6-3-2-4-7-19)8-5-9-22(17)27-24(30)21-14-18(15-25-11-13-29)16-28-12-10-26-23(21)28/h2-10,12,14,16,25,29H,11,13,15H2,1H3,(H,27,30). The Kier molecular flexibility index (Phi) is 5.88. The van der Waals surface area contributed by atoms with Gasteiger partial charge in [0.25, 0.3) is 5.91 Å².